The fourth-order valence-corrected chi connectivity index (χ4v) is 2.20. The largest absolute Gasteiger partial charge is 0.330 e. The SMILES string of the molecule is Cc1nn2c(CCCN)nnc2c2ccccc12. The topological polar surface area (TPSA) is 69.1 Å². The Balaban J connectivity index is 2.27. The number of rotatable bonds is 3. The highest BCUT2D eigenvalue weighted by Crippen LogP contribution is 2.20. The van der Waals surface area contributed by atoms with Crippen LogP contribution in [-0.2, 0) is 6.42 Å². The molecule has 0 saturated heterocycles. The van der Waals surface area contributed by atoms with Crippen LogP contribution in [0.15, 0.2) is 24.3 Å². The van der Waals surface area contributed by atoms with Crippen LogP contribution in [0, 0.1) is 6.92 Å². The molecule has 0 atom stereocenters. The molecule has 5 nitrogen and oxygen atoms in total. The number of hydrogen-bond acceptors (Lipinski definition) is 4. The van der Waals surface area contributed by atoms with Crippen molar-refractivity contribution in [2.75, 3.05) is 6.54 Å². The maximum absolute atomic E-state index is 5.53. The summed E-state index contributed by atoms with van der Waals surface area (Å²) in [6, 6.07) is 8.14. The van der Waals surface area contributed by atoms with Gasteiger partial charge in [-0.3, -0.25) is 0 Å². The molecule has 0 unspecified atom stereocenters. The Kier molecular flexibility index (Phi) is 2.68. The Bertz CT molecular complexity index is 701. The second-order valence-corrected chi connectivity index (χ2v) is 4.37. The fraction of sp³-hybridized carbons (Fsp3) is 0.308. The van der Waals surface area contributed by atoms with Gasteiger partial charge in [-0.05, 0) is 19.9 Å². The summed E-state index contributed by atoms with van der Waals surface area (Å²) in [7, 11) is 0. The maximum atomic E-state index is 5.53. The molecule has 0 radical (unpaired) electrons. The van der Waals surface area contributed by atoms with Crippen LogP contribution < -0.4 is 5.73 Å². The monoisotopic (exact) mass is 241 g/mol. The van der Waals surface area contributed by atoms with E-state index in [0.717, 1.165) is 40.8 Å². The molecule has 0 aliphatic carbocycles. The Morgan fingerprint density at radius 3 is 2.72 bits per heavy atom. The standard InChI is InChI=1S/C13H15N5/c1-9-10-5-2-3-6-11(10)13-16-15-12(7-4-8-14)18(13)17-9/h2-3,5-6H,4,7-8,14H2,1H3. The summed E-state index contributed by atoms with van der Waals surface area (Å²) in [6.07, 6.45) is 1.71. The smallest absolute Gasteiger partial charge is 0.185 e. The van der Waals surface area contributed by atoms with Gasteiger partial charge < -0.3 is 5.73 Å². The Morgan fingerprint density at radius 2 is 1.94 bits per heavy atom. The second-order valence-electron chi connectivity index (χ2n) is 4.37. The van der Waals surface area contributed by atoms with Crippen LogP contribution in [0.25, 0.3) is 16.4 Å². The van der Waals surface area contributed by atoms with Gasteiger partial charge in [-0.1, -0.05) is 24.3 Å². The molecule has 0 aliphatic heterocycles. The lowest BCUT2D eigenvalue weighted by molar-refractivity contribution is 0.736. The molecule has 0 spiro atoms. The number of aromatic nitrogens is 4. The second kappa shape index (κ2) is 4.34. The van der Waals surface area contributed by atoms with E-state index in [2.05, 4.69) is 27.4 Å². The van der Waals surface area contributed by atoms with Crippen LogP contribution in [0.1, 0.15) is 17.9 Å². The molecule has 92 valence electrons. The summed E-state index contributed by atoms with van der Waals surface area (Å²) in [5, 5.41) is 15.3. The number of aryl methyl sites for hydroxylation is 2. The lowest BCUT2D eigenvalue weighted by atomic mass is 10.1. The molecule has 2 N–H and O–H groups in total. The first-order chi connectivity index (χ1) is 8.81. The maximum Gasteiger partial charge on any atom is 0.185 e. The molecule has 18 heavy (non-hydrogen) atoms. The van der Waals surface area contributed by atoms with Gasteiger partial charge >= 0.3 is 0 Å². The average Bonchev–Trinajstić information content (AvgIpc) is 2.80. The van der Waals surface area contributed by atoms with E-state index in [-0.39, 0.29) is 0 Å². The van der Waals surface area contributed by atoms with Crippen LogP contribution in [0.4, 0.5) is 0 Å². The summed E-state index contributed by atoms with van der Waals surface area (Å²) in [5.41, 5.74) is 7.35. The predicted molar refractivity (Wildman–Crippen MR) is 70.4 cm³/mol. The highest BCUT2D eigenvalue weighted by Gasteiger charge is 2.11. The summed E-state index contributed by atoms with van der Waals surface area (Å²) >= 11 is 0. The first kappa shape index (κ1) is 11.1. The predicted octanol–water partition coefficient (Wildman–Crippen LogP) is 1.48. The molecule has 0 fully saturated rings. The van der Waals surface area contributed by atoms with E-state index in [1.807, 2.05) is 23.6 Å². The highest BCUT2D eigenvalue weighted by atomic mass is 15.4. The van der Waals surface area contributed by atoms with Gasteiger partial charge in [-0.2, -0.15) is 9.61 Å². The molecule has 2 heterocycles. The molecule has 0 aliphatic rings. The number of nitrogens with zero attached hydrogens (tertiary/aromatic N) is 4. The first-order valence-corrected chi connectivity index (χ1v) is 6.11. The highest BCUT2D eigenvalue weighted by molar-refractivity contribution is 5.94. The average molecular weight is 241 g/mol. The quantitative estimate of drug-likeness (QED) is 0.754. The molecule has 5 heteroatoms. The van der Waals surface area contributed by atoms with E-state index in [9.17, 15) is 0 Å². The summed E-state index contributed by atoms with van der Waals surface area (Å²) in [5.74, 6) is 0.879. The summed E-state index contributed by atoms with van der Waals surface area (Å²) in [4.78, 5) is 0. The van der Waals surface area contributed by atoms with E-state index >= 15 is 0 Å². The normalized spacial score (nSPS) is 11.4. The van der Waals surface area contributed by atoms with Crippen molar-refractivity contribution in [3.8, 4) is 0 Å². The van der Waals surface area contributed by atoms with Crippen LogP contribution in [0.5, 0.6) is 0 Å². The minimum Gasteiger partial charge on any atom is -0.330 e. The fourth-order valence-electron chi connectivity index (χ4n) is 2.20. The number of hydrogen-bond donors (Lipinski definition) is 1. The Morgan fingerprint density at radius 1 is 1.17 bits per heavy atom. The zero-order valence-electron chi connectivity index (χ0n) is 10.3. The van der Waals surface area contributed by atoms with Gasteiger partial charge in [0.2, 0.25) is 0 Å². The molecule has 3 rings (SSSR count). The van der Waals surface area contributed by atoms with E-state index in [1.54, 1.807) is 0 Å². The van der Waals surface area contributed by atoms with Gasteiger partial charge in [-0.15, -0.1) is 10.2 Å². The van der Waals surface area contributed by atoms with Gasteiger partial charge in [0.15, 0.2) is 11.5 Å². The third kappa shape index (κ3) is 1.64. The van der Waals surface area contributed by atoms with Gasteiger partial charge in [0.1, 0.15) is 0 Å². The van der Waals surface area contributed by atoms with Crippen molar-refractivity contribution in [3.05, 3.63) is 35.8 Å². The minimum atomic E-state index is 0.654. The molecule has 0 amide bonds. The van der Waals surface area contributed by atoms with Crippen molar-refractivity contribution in [1.82, 2.24) is 19.8 Å². The van der Waals surface area contributed by atoms with Gasteiger partial charge in [0.05, 0.1) is 5.69 Å². The van der Waals surface area contributed by atoms with Crippen molar-refractivity contribution >= 4 is 16.4 Å². The van der Waals surface area contributed by atoms with Gasteiger partial charge in [0.25, 0.3) is 0 Å². The van der Waals surface area contributed by atoms with Crippen molar-refractivity contribution in [2.24, 2.45) is 5.73 Å². The van der Waals surface area contributed by atoms with Gasteiger partial charge in [-0.25, -0.2) is 0 Å². The third-order valence-electron chi connectivity index (χ3n) is 3.12. The van der Waals surface area contributed by atoms with Gasteiger partial charge in [0, 0.05) is 17.2 Å². The van der Waals surface area contributed by atoms with E-state index in [4.69, 9.17) is 5.73 Å². The van der Waals surface area contributed by atoms with E-state index in [1.165, 1.54) is 0 Å². The molecule has 0 bridgehead atoms. The summed E-state index contributed by atoms with van der Waals surface area (Å²) in [6.45, 7) is 2.66. The molecule has 0 saturated carbocycles. The molecular weight excluding hydrogens is 226 g/mol. The number of fused-ring (bicyclic) bond motifs is 3. The van der Waals surface area contributed by atoms with Crippen LogP contribution in [0.3, 0.4) is 0 Å². The first-order valence-electron chi connectivity index (χ1n) is 6.11. The number of benzene rings is 1. The minimum absolute atomic E-state index is 0.654. The Labute approximate surface area is 105 Å². The molecule has 2 aromatic heterocycles. The molecule has 3 aromatic rings. The van der Waals surface area contributed by atoms with Crippen molar-refractivity contribution in [2.45, 2.75) is 19.8 Å². The Hall–Kier alpha value is -2.01. The molecular formula is C13H15N5. The van der Waals surface area contributed by atoms with Crippen molar-refractivity contribution in [1.29, 1.82) is 0 Å². The van der Waals surface area contributed by atoms with Crippen molar-refractivity contribution < 1.29 is 0 Å². The van der Waals surface area contributed by atoms with E-state index < -0.39 is 0 Å². The van der Waals surface area contributed by atoms with Crippen LogP contribution in [0.2, 0.25) is 0 Å². The third-order valence-corrected chi connectivity index (χ3v) is 3.12. The van der Waals surface area contributed by atoms with E-state index in [0.29, 0.717) is 6.54 Å². The summed E-state index contributed by atoms with van der Waals surface area (Å²) < 4.78 is 1.84. The number of nitrogens with two attached hydrogens (primary N) is 1. The lowest BCUT2D eigenvalue weighted by Crippen LogP contribution is -2.05. The molecule has 1 aromatic carbocycles. The van der Waals surface area contributed by atoms with Crippen molar-refractivity contribution in [3.63, 3.8) is 0 Å². The zero-order chi connectivity index (χ0) is 12.5. The van der Waals surface area contributed by atoms with Crippen LogP contribution >= 0.6 is 0 Å². The zero-order valence-corrected chi connectivity index (χ0v) is 10.3. The van der Waals surface area contributed by atoms with Crippen LogP contribution in [-0.4, -0.2) is 26.4 Å². The lowest BCUT2D eigenvalue weighted by Gasteiger charge is -2.04.